The van der Waals surface area contributed by atoms with Crippen LogP contribution >= 0.6 is 11.6 Å². The van der Waals surface area contributed by atoms with Crippen LogP contribution in [0.25, 0.3) is 11.3 Å². The maximum Gasteiger partial charge on any atom is 0.220 e. The quantitative estimate of drug-likeness (QED) is 0.725. The number of aromatic nitrogens is 4. The molecule has 0 bridgehead atoms. The van der Waals surface area contributed by atoms with Gasteiger partial charge in [0.15, 0.2) is 0 Å². The predicted octanol–water partition coefficient (Wildman–Crippen LogP) is 3.91. The highest BCUT2D eigenvalue weighted by atomic mass is 35.5. The van der Waals surface area contributed by atoms with Gasteiger partial charge in [-0.05, 0) is 38.0 Å². The molecule has 138 valence electrons. The number of nitrogens with two attached hydrogens (primary N) is 1. The van der Waals surface area contributed by atoms with Crippen LogP contribution in [0.3, 0.4) is 0 Å². The number of anilines is 2. The number of hydrogen-bond acceptors (Lipinski definition) is 6. The Kier molecular flexibility index (Phi) is 4.44. The highest BCUT2D eigenvalue weighted by molar-refractivity contribution is 6.33. The largest absolute Gasteiger partial charge is 0.368 e. The van der Waals surface area contributed by atoms with E-state index in [1.165, 1.54) is 0 Å². The molecule has 7 heteroatoms. The van der Waals surface area contributed by atoms with Crippen molar-refractivity contribution in [3.8, 4) is 11.3 Å². The van der Waals surface area contributed by atoms with E-state index in [4.69, 9.17) is 17.3 Å². The number of halogens is 1. The van der Waals surface area contributed by atoms with Crippen LogP contribution in [-0.2, 0) is 6.42 Å². The maximum atomic E-state index is 6.46. The van der Waals surface area contributed by atoms with Crippen molar-refractivity contribution in [2.45, 2.75) is 33.2 Å². The van der Waals surface area contributed by atoms with Gasteiger partial charge in [-0.25, -0.2) is 15.0 Å². The first-order valence-electron chi connectivity index (χ1n) is 8.91. The summed E-state index contributed by atoms with van der Waals surface area (Å²) in [5.74, 6) is 1.19. The van der Waals surface area contributed by atoms with Gasteiger partial charge >= 0.3 is 0 Å². The summed E-state index contributed by atoms with van der Waals surface area (Å²) in [6, 6.07) is 4.23. The van der Waals surface area contributed by atoms with Crippen molar-refractivity contribution in [2.75, 3.05) is 17.2 Å². The monoisotopic (exact) mass is 380 g/mol. The van der Waals surface area contributed by atoms with Crippen molar-refractivity contribution in [2.24, 2.45) is 0 Å². The number of aryl methyl sites for hydroxylation is 2. The third-order valence-electron chi connectivity index (χ3n) is 5.03. The molecule has 0 radical (unpaired) electrons. The van der Waals surface area contributed by atoms with Crippen molar-refractivity contribution in [1.29, 1.82) is 0 Å². The highest BCUT2D eigenvalue weighted by Gasteiger charge is 2.27. The molecule has 6 nitrogen and oxygen atoms in total. The van der Waals surface area contributed by atoms with E-state index < -0.39 is 0 Å². The molecule has 0 spiro atoms. The second kappa shape index (κ2) is 6.78. The van der Waals surface area contributed by atoms with Crippen LogP contribution in [0.5, 0.6) is 0 Å². The Balaban J connectivity index is 1.74. The Bertz CT molecular complexity index is 1020. The fourth-order valence-electron chi connectivity index (χ4n) is 3.66. The normalized spacial score (nSPS) is 16.3. The SMILES string of the molecule is Cc1cnc(-c2cc(N3CCc4nc(N)ncc4[C@@H]3C)ncc2Cl)c(C)c1. The summed E-state index contributed by atoms with van der Waals surface area (Å²) in [5, 5.41) is 0.597. The van der Waals surface area contributed by atoms with Crippen molar-refractivity contribution < 1.29 is 0 Å². The minimum atomic E-state index is 0.1000. The second-order valence-electron chi connectivity index (χ2n) is 6.95. The van der Waals surface area contributed by atoms with Gasteiger partial charge in [-0.1, -0.05) is 17.7 Å². The average molecular weight is 381 g/mol. The summed E-state index contributed by atoms with van der Waals surface area (Å²) in [6.45, 7) is 7.01. The molecule has 3 aromatic rings. The minimum absolute atomic E-state index is 0.1000. The van der Waals surface area contributed by atoms with Gasteiger partial charge < -0.3 is 10.6 Å². The van der Waals surface area contributed by atoms with Crippen LogP contribution in [0, 0.1) is 13.8 Å². The Morgan fingerprint density at radius 1 is 1.11 bits per heavy atom. The lowest BCUT2D eigenvalue weighted by molar-refractivity contribution is 0.603. The standard InChI is InChI=1S/C20H21ClN6/c1-11-6-12(2)19(24-8-11)14-7-18(23-10-16(14)21)27-5-4-17-15(13(27)3)9-25-20(22)26-17/h6-10,13H,4-5H2,1-3H3,(H2,22,25,26)/t13-/m0/s1. The van der Waals surface area contributed by atoms with Crippen LogP contribution in [0.4, 0.5) is 11.8 Å². The summed E-state index contributed by atoms with van der Waals surface area (Å²) in [5.41, 5.74) is 11.8. The Labute approximate surface area is 163 Å². The fraction of sp³-hybridized carbons (Fsp3) is 0.300. The fourth-order valence-corrected chi connectivity index (χ4v) is 3.85. The van der Waals surface area contributed by atoms with E-state index >= 15 is 0 Å². The summed E-state index contributed by atoms with van der Waals surface area (Å²) in [7, 11) is 0. The molecule has 4 heterocycles. The lowest BCUT2D eigenvalue weighted by Gasteiger charge is -2.35. The molecule has 0 saturated heterocycles. The first-order chi connectivity index (χ1) is 12.9. The summed E-state index contributed by atoms with van der Waals surface area (Å²) in [4.78, 5) is 20.0. The van der Waals surface area contributed by atoms with E-state index in [0.29, 0.717) is 11.0 Å². The second-order valence-corrected chi connectivity index (χ2v) is 7.36. The lowest BCUT2D eigenvalue weighted by atomic mass is 9.99. The molecule has 2 N–H and O–H groups in total. The molecule has 3 aromatic heterocycles. The number of rotatable bonds is 2. The topological polar surface area (TPSA) is 80.8 Å². The number of nitrogens with zero attached hydrogens (tertiary/aromatic N) is 5. The smallest absolute Gasteiger partial charge is 0.220 e. The number of fused-ring (bicyclic) bond motifs is 1. The van der Waals surface area contributed by atoms with Crippen LogP contribution in [0.2, 0.25) is 5.02 Å². The van der Waals surface area contributed by atoms with E-state index in [1.54, 1.807) is 6.20 Å². The molecule has 1 aliphatic rings. The van der Waals surface area contributed by atoms with E-state index in [0.717, 1.165) is 52.4 Å². The first-order valence-corrected chi connectivity index (χ1v) is 9.29. The predicted molar refractivity (Wildman–Crippen MR) is 108 cm³/mol. The average Bonchev–Trinajstić information content (AvgIpc) is 2.63. The Morgan fingerprint density at radius 2 is 1.93 bits per heavy atom. The van der Waals surface area contributed by atoms with E-state index in [9.17, 15) is 0 Å². The molecule has 0 amide bonds. The van der Waals surface area contributed by atoms with Crippen LogP contribution < -0.4 is 10.6 Å². The van der Waals surface area contributed by atoms with E-state index in [2.05, 4.69) is 37.8 Å². The molecule has 4 rings (SSSR count). The van der Waals surface area contributed by atoms with Gasteiger partial charge in [0.1, 0.15) is 5.82 Å². The molecule has 1 atom stereocenters. The summed E-state index contributed by atoms with van der Waals surface area (Å²) in [6.07, 6.45) is 6.18. The molecule has 27 heavy (non-hydrogen) atoms. The van der Waals surface area contributed by atoms with Gasteiger partial charge in [-0.15, -0.1) is 0 Å². The van der Waals surface area contributed by atoms with Crippen molar-refractivity contribution in [3.63, 3.8) is 0 Å². The molecule has 0 saturated carbocycles. The summed E-state index contributed by atoms with van der Waals surface area (Å²) < 4.78 is 0. The van der Waals surface area contributed by atoms with Gasteiger partial charge in [0, 0.05) is 42.7 Å². The third kappa shape index (κ3) is 3.21. The van der Waals surface area contributed by atoms with Crippen LogP contribution in [0.1, 0.15) is 35.3 Å². The van der Waals surface area contributed by atoms with E-state index in [-0.39, 0.29) is 6.04 Å². The van der Waals surface area contributed by atoms with Crippen LogP contribution in [0.15, 0.2) is 30.7 Å². The zero-order valence-electron chi connectivity index (χ0n) is 15.6. The van der Waals surface area contributed by atoms with Gasteiger partial charge in [-0.3, -0.25) is 4.98 Å². The van der Waals surface area contributed by atoms with Gasteiger partial charge in [0.05, 0.1) is 22.5 Å². The highest BCUT2D eigenvalue weighted by Crippen LogP contribution is 2.36. The van der Waals surface area contributed by atoms with Crippen molar-refractivity contribution in [3.05, 3.63) is 58.1 Å². The molecule has 0 aromatic carbocycles. The maximum absolute atomic E-state index is 6.46. The third-order valence-corrected chi connectivity index (χ3v) is 5.33. The molecular formula is C20H21ClN6. The van der Waals surface area contributed by atoms with Gasteiger partial charge in [0.25, 0.3) is 0 Å². The number of nitrogen functional groups attached to an aromatic ring is 1. The zero-order chi connectivity index (χ0) is 19.1. The number of pyridine rings is 2. The molecule has 0 aliphatic carbocycles. The Morgan fingerprint density at radius 3 is 2.70 bits per heavy atom. The van der Waals surface area contributed by atoms with Crippen molar-refractivity contribution >= 4 is 23.4 Å². The van der Waals surface area contributed by atoms with Crippen molar-refractivity contribution in [1.82, 2.24) is 19.9 Å². The molecular weight excluding hydrogens is 360 g/mol. The minimum Gasteiger partial charge on any atom is -0.368 e. The first kappa shape index (κ1) is 17.7. The molecule has 1 aliphatic heterocycles. The number of hydrogen-bond donors (Lipinski definition) is 1. The summed E-state index contributed by atoms with van der Waals surface area (Å²) >= 11 is 6.46. The van der Waals surface area contributed by atoms with Crippen LogP contribution in [-0.4, -0.2) is 26.5 Å². The van der Waals surface area contributed by atoms with Gasteiger partial charge in [-0.2, -0.15) is 0 Å². The Hall–Kier alpha value is -2.73. The van der Waals surface area contributed by atoms with E-state index in [1.807, 2.05) is 32.3 Å². The molecule has 0 unspecified atom stereocenters. The lowest BCUT2D eigenvalue weighted by Crippen LogP contribution is -2.35. The van der Waals surface area contributed by atoms with Gasteiger partial charge in [0.2, 0.25) is 5.95 Å². The molecule has 0 fully saturated rings. The zero-order valence-corrected chi connectivity index (χ0v) is 16.3.